The van der Waals surface area contributed by atoms with Crippen LogP contribution in [-0.4, -0.2) is 11.1 Å². The summed E-state index contributed by atoms with van der Waals surface area (Å²) in [4.78, 5) is 10.6. The Hall–Kier alpha value is -1.31. The Bertz CT molecular complexity index is 326. The lowest BCUT2D eigenvalue weighted by molar-refractivity contribution is -0.141. The Morgan fingerprint density at radius 3 is 1.95 bits per heavy atom. The van der Waals surface area contributed by atoms with Gasteiger partial charge in [0.1, 0.15) is 0 Å². The molecule has 0 aromatic heterocycles. The first-order valence-electron chi connectivity index (χ1n) is 8.36. The van der Waals surface area contributed by atoms with Gasteiger partial charge in [-0.05, 0) is 44.9 Å². The molecule has 2 nitrogen and oxygen atoms in total. The summed E-state index contributed by atoms with van der Waals surface area (Å²) in [5.41, 5.74) is 0. The monoisotopic (exact) mass is 292 g/mol. The fraction of sp³-hybridized carbons (Fsp3) is 0.632. The highest BCUT2D eigenvalue weighted by molar-refractivity contribution is 5.69. The summed E-state index contributed by atoms with van der Waals surface area (Å²) in [6.07, 6.45) is 23.0. The van der Waals surface area contributed by atoms with Gasteiger partial charge in [0.2, 0.25) is 0 Å². The molecule has 1 unspecified atom stereocenters. The van der Waals surface area contributed by atoms with Gasteiger partial charge in [-0.25, -0.2) is 0 Å². The highest BCUT2D eigenvalue weighted by Gasteiger charge is 2.08. The van der Waals surface area contributed by atoms with Gasteiger partial charge in [-0.15, -0.1) is 0 Å². The lowest BCUT2D eigenvalue weighted by Gasteiger charge is -2.02. The third kappa shape index (κ3) is 14.9. The van der Waals surface area contributed by atoms with Gasteiger partial charge >= 0.3 is 5.97 Å². The van der Waals surface area contributed by atoms with Crippen LogP contribution in [0.3, 0.4) is 0 Å². The predicted molar refractivity (Wildman–Crippen MR) is 91.4 cm³/mol. The minimum absolute atomic E-state index is 0.220. The standard InChI is InChI=1S/C19H32O2/c1-3-4-5-6-7-8-9-10-11-12-13-14-15-16-17-18(2)19(20)21/h7-8,10-11,13-14,18H,3-6,9,12,15-17H2,1-2H3,(H,20,21). The first kappa shape index (κ1) is 19.7. The third-order valence-electron chi connectivity index (χ3n) is 3.45. The first-order valence-corrected chi connectivity index (χ1v) is 8.36. The van der Waals surface area contributed by atoms with E-state index in [0.717, 1.165) is 32.1 Å². The molecule has 0 aromatic carbocycles. The fourth-order valence-corrected chi connectivity index (χ4v) is 1.96. The molecule has 0 heterocycles. The van der Waals surface area contributed by atoms with E-state index in [1.807, 2.05) is 0 Å². The fourth-order valence-electron chi connectivity index (χ4n) is 1.96. The lowest BCUT2D eigenvalue weighted by Crippen LogP contribution is -2.08. The molecule has 0 saturated carbocycles. The second-order valence-corrected chi connectivity index (χ2v) is 5.55. The molecule has 0 radical (unpaired) electrons. The number of carboxylic acids is 1. The summed E-state index contributed by atoms with van der Waals surface area (Å²) < 4.78 is 0. The number of rotatable bonds is 13. The van der Waals surface area contributed by atoms with Crippen molar-refractivity contribution in [1.82, 2.24) is 0 Å². The zero-order valence-electron chi connectivity index (χ0n) is 13.8. The van der Waals surface area contributed by atoms with Gasteiger partial charge in [-0.3, -0.25) is 4.79 Å². The van der Waals surface area contributed by atoms with Gasteiger partial charge in [0.05, 0.1) is 5.92 Å². The molecule has 0 aromatic rings. The van der Waals surface area contributed by atoms with Gasteiger partial charge in [-0.1, -0.05) is 63.1 Å². The number of hydrogen-bond donors (Lipinski definition) is 1. The maximum atomic E-state index is 10.6. The summed E-state index contributed by atoms with van der Waals surface area (Å²) in [5.74, 6) is -0.910. The van der Waals surface area contributed by atoms with Crippen LogP contribution in [0, 0.1) is 5.92 Å². The molecule has 0 rings (SSSR count). The van der Waals surface area contributed by atoms with Crippen LogP contribution in [0.2, 0.25) is 0 Å². The number of allylic oxidation sites excluding steroid dienone is 6. The van der Waals surface area contributed by atoms with Crippen molar-refractivity contribution < 1.29 is 9.90 Å². The minimum Gasteiger partial charge on any atom is -0.481 e. The summed E-state index contributed by atoms with van der Waals surface area (Å²) in [6, 6.07) is 0. The summed E-state index contributed by atoms with van der Waals surface area (Å²) in [5, 5.41) is 8.75. The minimum atomic E-state index is -0.690. The first-order chi connectivity index (χ1) is 10.2. The molecule has 0 aliphatic rings. The Labute approximate surface area is 130 Å². The summed E-state index contributed by atoms with van der Waals surface area (Å²) >= 11 is 0. The van der Waals surface area contributed by atoms with Crippen molar-refractivity contribution in [2.75, 3.05) is 0 Å². The van der Waals surface area contributed by atoms with E-state index >= 15 is 0 Å². The Morgan fingerprint density at radius 1 is 0.905 bits per heavy atom. The van der Waals surface area contributed by atoms with Crippen LogP contribution in [0.5, 0.6) is 0 Å². The molecule has 0 amide bonds. The topological polar surface area (TPSA) is 37.3 Å². The molecule has 0 aliphatic heterocycles. The number of hydrogen-bond acceptors (Lipinski definition) is 1. The van der Waals surface area contributed by atoms with Crippen LogP contribution >= 0.6 is 0 Å². The highest BCUT2D eigenvalue weighted by Crippen LogP contribution is 2.08. The molecular weight excluding hydrogens is 260 g/mol. The number of carbonyl (C=O) groups is 1. The predicted octanol–water partition coefficient (Wildman–Crippen LogP) is 5.91. The number of aliphatic carboxylic acids is 1. The lowest BCUT2D eigenvalue weighted by atomic mass is 10.0. The molecule has 1 N–H and O–H groups in total. The quantitative estimate of drug-likeness (QED) is 0.338. The van der Waals surface area contributed by atoms with Crippen LogP contribution in [0.15, 0.2) is 36.5 Å². The second kappa shape index (κ2) is 15.1. The van der Waals surface area contributed by atoms with Gasteiger partial charge in [-0.2, -0.15) is 0 Å². The van der Waals surface area contributed by atoms with Crippen molar-refractivity contribution in [2.24, 2.45) is 5.92 Å². The third-order valence-corrected chi connectivity index (χ3v) is 3.45. The maximum absolute atomic E-state index is 10.6. The van der Waals surface area contributed by atoms with Crippen molar-refractivity contribution >= 4 is 5.97 Å². The molecule has 0 spiro atoms. The Morgan fingerprint density at radius 2 is 1.43 bits per heavy atom. The van der Waals surface area contributed by atoms with Crippen LogP contribution in [0.4, 0.5) is 0 Å². The number of unbranched alkanes of at least 4 members (excludes halogenated alkanes) is 4. The molecule has 0 fully saturated rings. The van der Waals surface area contributed by atoms with Crippen molar-refractivity contribution in [3.8, 4) is 0 Å². The van der Waals surface area contributed by atoms with Crippen LogP contribution in [0.1, 0.15) is 71.6 Å². The van der Waals surface area contributed by atoms with Gasteiger partial charge in [0, 0.05) is 0 Å². The van der Waals surface area contributed by atoms with Crippen molar-refractivity contribution in [3.05, 3.63) is 36.5 Å². The van der Waals surface area contributed by atoms with E-state index in [0.29, 0.717) is 0 Å². The van der Waals surface area contributed by atoms with Gasteiger partial charge in [0.25, 0.3) is 0 Å². The van der Waals surface area contributed by atoms with E-state index in [1.54, 1.807) is 6.92 Å². The average Bonchev–Trinajstić information content (AvgIpc) is 2.47. The normalized spacial score (nSPS) is 13.6. The van der Waals surface area contributed by atoms with E-state index < -0.39 is 5.97 Å². The van der Waals surface area contributed by atoms with Crippen molar-refractivity contribution in [1.29, 1.82) is 0 Å². The van der Waals surface area contributed by atoms with E-state index in [1.165, 1.54) is 25.7 Å². The van der Waals surface area contributed by atoms with E-state index in [-0.39, 0.29) is 5.92 Å². The van der Waals surface area contributed by atoms with E-state index in [9.17, 15) is 4.79 Å². The molecule has 0 saturated heterocycles. The van der Waals surface area contributed by atoms with Crippen molar-refractivity contribution in [3.63, 3.8) is 0 Å². The second-order valence-electron chi connectivity index (χ2n) is 5.55. The molecular formula is C19H32O2. The molecule has 2 heteroatoms. The van der Waals surface area contributed by atoms with Crippen LogP contribution < -0.4 is 0 Å². The summed E-state index contributed by atoms with van der Waals surface area (Å²) in [7, 11) is 0. The molecule has 0 bridgehead atoms. The van der Waals surface area contributed by atoms with Crippen LogP contribution in [-0.2, 0) is 4.79 Å². The molecule has 0 aliphatic carbocycles. The van der Waals surface area contributed by atoms with Crippen LogP contribution in [0.25, 0.3) is 0 Å². The Balaban J connectivity index is 3.42. The van der Waals surface area contributed by atoms with E-state index in [4.69, 9.17) is 5.11 Å². The largest absolute Gasteiger partial charge is 0.481 e. The van der Waals surface area contributed by atoms with Gasteiger partial charge < -0.3 is 5.11 Å². The molecule has 21 heavy (non-hydrogen) atoms. The zero-order valence-corrected chi connectivity index (χ0v) is 13.8. The molecule has 120 valence electrons. The average molecular weight is 292 g/mol. The zero-order chi connectivity index (χ0) is 15.8. The van der Waals surface area contributed by atoms with E-state index in [2.05, 4.69) is 43.4 Å². The number of carboxylic acid groups (broad SMARTS) is 1. The summed E-state index contributed by atoms with van der Waals surface area (Å²) in [6.45, 7) is 4.00. The maximum Gasteiger partial charge on any atom is 0.306 e. The van der Waals surface area contributed by atoms with Gasteiger partial charge in [0.15, 0.2) is 0 Å². The highest BCUT2D eigenvalue weighted by atomic mass is 16.4. The Kier molecular flexibility index (Phi) is 14.1. The smallest absolute Gasteiger partial charge is 0.306 e. The SMILES string of the molecule is CCCCCC=CCC=CCC=CCCCC(C)C(=O)O. The molecule has 1 atom stereocenters. The van der Waals surface area contributed by atoms with Crippen molar-refractivity contribution in [2.45, 2.75) is 71.6 Å².